The quantitative estimate of drug-likeness (QED) is 0.624. The molecule has 164 valence electrons. The average molecular weight is 431 g/mol. The third kappa shape index (κ3) is 3.85. The van der Waals surface area contributed by atoms with E-state index in [9.17, 15) is 13.2 Å². The minimum atomic E-state index is -4.42. The fourth-order valence-corrected chi connectivity index (χ4v) is 4.59. The van der Waals surface area contributed by atoms with Crippen LogP contribution in [0.3, 0.4) is 0 Å². The topological polar surface area (TPSA) is 49.5 Å². The summed E-state index contributed by atoms with van der Waals surface area (Å²) in [6.45, 7) is 4.75. The molecule has 2 N–H and O–H groups in total. The van der Waals surface area contributed by atoms with Gasteiger partial charge in [0.15, 0.2) is 0 Å². The Hall–Kier alpha value is -2.71. The highest BCUT2D eigenvalue weighted by Gasteiger charge is 2.37. The first-order valence-electron chi connectivity index (χ1n) is 10.4. The van der Waals surface area contributed by atoms with Crippen LogP contribution in [-0.4, -0.2) is 48.3 Å². The molecule has 0 radical (unpaired) electrons. The Balaban J connectivity index is 1.54. The first-order valence-corrected chi connectivity index (χ1v) is 10.4. The van der Waals surface area contributed by atoms with Gasteiger partial charge in [0.25, 0.3) is 0 Å². The molecule has 1 saturated heterocycles. The van der Waals surface area contributed by atoms with E-state index in [1.54, 1.807) is 12.1 Å². The average Bonchev–Trinajstić information content (AvgIpc) is 3.20. The number of para-hydroxylation sites is 1. The van der Waals surface area contributed by atoms with E-state index in [0.717, 1.165) is 24.4 Å². The molecular weight excluding hydrogens is 407 g/mol. The molecule has 3 aromatic rings. The van der Waals surface area contributed by atoms with Gasteiger partial charge < -0.3 is 19.8 Å². The minimum absolute atomic E-state index is 0.0255. The summed E-state index contributed by atoms with van der Waals surface area (Å²) in [5, 5.41) is 4.08. The van der Waals surface area contributed by atoms with Crippen molar-refractivity contribution in [2.75, 3.05) is 31.6 Å². The van der Waals surface area contributed by atoms with Crippen molar-refractivity contribution >= 4 is 16.6 Å². The Morgan fingerprint density at radius 1 is 1.13 bits per heavy atom. The van der Waals surface area contributed by atoms with Crippen molar-refractivity contribution in [3.63, 3.8) is 0 Å². The lowest BCUT2D eigenvalue weighted by atomic mass is 9.94. The molecule has 1 aromatic heterocycles. The van der Waals surface area contributed by atoms with Gasteiger partial charge in [-0.15, -0.1) is 0 Å². The van der Waals surface area contributed by atoms with Crippen molar-refractivity contribution in [3.05, 3.63) is 59.8 Å². The molecule has 31 heavy (non-hydrogen) atoms. The number of hydrogen-bond acceptors (Lipinski definition) is 4. The van der Waals surface area contributed by atoms with E-state index in [2.05, 4.69) is 15.2 Å². The molecule has 3 atom stereocenters. The molecule has 2 aliphatic rings. The summed E-state index contributed by atoms with van der Waals surface area (Å²) in [4.78, 5) is 4.84. The second-order valence-corrected chi connectivity index (χ2v) is 8.16. The fraction of sp³-hybridized carbons (Fsp3) is 0.391. The Morgan fingerprint density at radius 3 is 2.77 bits per heavy atom. The molecule has 3 heterocycles. The number of alkyl halides is 3. The van der Waals surface area contributed by atoms with Crippen molar-refractivity contribution in [3.8, 4) is 5.75 Å². The van der Waals surface area contributed by atoms with E-state index in [4.69, 9.17) is 9.47 Å². The second kappa shape index (κ2) is 7.76. The summed E-state index contributed by atoms with van der Waals surface area (Å²) in [5.41, 5.74) is 1.37. The van der Waals surface area contributed by atoms with Gasteiger partial charge in [-0.2, -0.15) is 13.2 Å². The maximum Gasteiger partial charge on any atom is 0.431 e. The first kappa shape index (κ1) is 20.2. The molecule has 0 spiro atoms. The summed E-state index contributed by atoms with van der Waals surface area (Å²) in [7, 11) is 0. The predicted molar refractivity (Wildman–Crippen MR) is 112 cm³/mol. The molecule has 0 unspecified atom stereocenters. The van der Waals surface area contributed by atoms with Crippen LogP contribution in [0.4, 0.5) is 18.9 Å². The Labute approximate surface area is 178 Å². The Morgan fingerprint density at radius 2 is 1.97 bits per heavy atom. The summed E-state index contributed by atoms with van der Waals surface area (Å²) in [6.07, 6.45) is -4.30. The first-order chi connectivity index (χ1) is 14.9. The fourth-order valence-electron chi connectivity index (χ4n) is 4.59. The van der Waals surface area contributed by atoms with E-state index in [-0.39, 0.29) is 18.2 Å². The normalized spacial score (nSPS) is 24.6. The van der Waals surface area contributed by atoms with Crippen molar-refractivity contribution in [1.82, 2.24) is 9.88 Å². The third-order valence-corrected chi connectivity index (χ3v) is 6.07. The highest BCUT2D eigenvalue weighted by atomic mass is 19.4. The van der Waals surface area contributed by atoms with E-state index < -0.39 is 11.9 Å². The molecule has 0 saturated carbocycles. The number of anilines is 1. The van der Waals surface area contributed by atoms with Gasteiger partial charge >= 0.3 is 6.18 Å². The van der Waals surface area contributed by atoms with Gasteiger partial charge in [-0.25, -0.2) is 0 Å². The number of H-pyrrole nitrogens is 1. The second-order valence-electron chi connectivity index (χ2n) is 8.16. The predicted octanol–water partition coefficient (Wildman–Crippen LogP) is 4.82. The van der Waals surface area contributed by atoms with Crippen molar-refractivity contribution < 1.29 is 22.6 Å². The van der Waals surface area contributed by atoms with Crippen LogP contribution in [-0.2, 0) is 10.9 Å². The smallest absolute Gasteiger partial charge is 0.431 e. The third-order valence-electron chi connectivity index (χ3n) is 6.07. The van der Waals surface area contributed by atoms with Crippen LogP contribution < -0.4 is 10.1 Å². The number of rotatable bonds is 3. The number of benzene rings is 2. The lowest BCUT2D eigenvalue weighted by molar-refractivity contribution is -0.140. The number of ether oxygens (including phenoxy) is 2. The van der Waals surface area contributed by atoms with Gasteiger partial charge in [0.2, 0.25) is 0 Å². The van der Waals surface area contributed by atoms with Crippen LogP contribution in [0.1, 0.15) is 24.2 Å². The molecule has 2 aromatic carbocycles. The van der Waals surface area contributed by atoms with Gasteiger partial charge in [-0.3, -0.25) is 4.90 Å². The van der Waals surface area contributed by atoms with Crippen LogP contribution in [0.2, 0.25) is 0 Å². The van der Waals surface area contributed by atoms with Crippen molar-refractivity contribution in [2.45, 2.75) is 31.3 Å². The number of aromatic amines is 1. The van der Waals surface area contributed by atoms with Gasteiger partial charge in [0.1, 0.15) is 18.1 Å². The number of aromatic nitrogens is 1. The maximum absolute atomic E-state index is 13.3. The van der Waals surface area contributed by atoms with Crippen LogP contribution in [0, 0.1) is 0 Å². The highest BCUT2D eigenvalue weighted by molar-refractivity contribution is 5.93. The van der Waals surface area contributed by atoms with Gasteiger partial charge in [-0.1, -0.05) is 24.3 Å². The maximum atomic E-state index is 13.3. The number of nitrogens with zero attached hydrogens (tertiary/aromatic N) is 1. The van der Waals surface area contributed by atoms with Crippen LogP contribution in [0.15, 0.2) is 48.5 Å². The van der Waals surface area contributed by atoms with Crippen LogP contribution in [0.5, 0.6) is 5.75 Å². The molecule has 0 aliphatic carbocycles. The zero-order valence-electron chi connectivity index (χ0n) is 17.1. The molecule has 1 fully saturated rings. The summed E-state index contributed by atoms with van der Waals surface area (Å²) in [5.74, 6) is 0.801. The van der Waals surface area contributed by atoms with E-state index in [1.165, 1.54) is 6.07 Å². The molecular formula is C23H24F3N3O2. The number of halogens is 3. The highest BCUT2D eigenvalue weighted by Crippen LogP contribution is 2.39. The molecule has 0 amide bonds. The number of nitrogens with one attached hydrogen (secondary N) is 2. The molecule has 0 bridgehead atoms. The molecule has 2 aliphatic heterocycles. The summed E-state index contributed by atoms with van der Waals surface area (Å²) < 4.78 is 51.6. The SMILES string of the molecule is C[C@@H]1CN([C@H]2COc3ccccc3[C@@H]2Nc2cccc3[nH]c(C(F)(F)F)cc23)CCO1. The van der Waals surface area contributed by atoms with Crippen molar-refractivity contribution in [2.24, 2.45) is 0 Å². The zero-order chi connectivity index (χ0) is 21.6. The van der Waals surface area contributed by atoms with Crippen molar-refractivity contribution in [1.29, 1.82) is 0 Å². The van der Waals surface area contributed by atoms with Gasteiger partial charge in [-0.05, 0) is 31.2 Å². The molecule has 5 rings (SSSR count). The number of fused-ring (bicyclic) bond motifs is 2. The Kier molecular flexibility index (Phi) is 5.06. The van der Waals surface area contributed by atoms with E-state index in [1.807, 2.05) is 37.3 Å². The lowest BCUT2D eigenvalue weighted by Gasteiger charge is -2.44. The summed E-state index contributed by atoms with van der Waals surface area (Å²) >= 11 is 0. The van der Waals surface area contributed by atoms with E-state index in [0.29, 0.717) is 29.8 Å². The molecule has 5 nitrogen and oxygen atoms in total. The standard InChI is InChI=1S/C23H24F3N3O2/c1-14-12-29(9-10-30-14)19-13-31-20-8-3-2-5-15(20)22(19)28-18-7-4-6-17-16(18)11-21(27-17)23(24,25)26/h2-8,11,14,19,22,27-28H,9-10,12-13H2,1H3/t14-,19+,22+/m1/s1. The zero-order valence-corrected chi connectivity index (χ0v) is 17.1. The molecule has 8 heteroatoms. The number of morpholine rings is 1. The monoisotopic (exact) mass is 431 g/mol. The minimum Gasteiger partial charge on any atom is -0.491 e. The van der Waals surface area contributed by atoms with E-state index >= 15 is 0 Å². The summed E-state index contributed by atoms with van der Waals surface area (Å²) in [6, 6.07) is 14.1. The number of hydrogen-bond donors (Lipinski definition) is 2. The van der Waals surface area contributed by atoms with Crippen LogP contribution >= 0.6 is 0 Å². The lowest BCUT2D eigenvalue weighted by Crippen LogP contribution is -2.54. The largest absolute Gasteiger partial charge is 0.491 e. The Bertz CT molecular complexity index is 1080. The van der Waals surface area contributed by atoms with Crippen LogP contribution in [0.25, 0.3) is 10.9 Å². The van der Waals surface area contributed by atoms with Gasteiger partial charge in [0.05, 0.1) is 24.8 Å². The van der Waals surface area contributed by atoms with Gasteiger partial charge in [0, 0.05) is 35.2 Å².